The van der Waals surface area contributed by atoms with Gasteiger partial charge in [-0.05, 0) is 45.8 Å². The van der Waals surface area contributed by atoms with E-state index in [2.05, 4.69) is 20.9 Å². The van der Waals surface area contributed by atoms with Crippen LogP contribution in [0, 0.1) is 5.82 Å². The fraction of sp³-hybridized carbons (Fsp3) is 0.0714. The Morgan fingerprint density at radius 1 is 1.30 bits per heavy atom. The first kappa shape index (κ1) is 13.9. The van der Waals surface area contributed by atoms with E-state index < -0.39 is 0 Å². The summed E-state index contributed by atoms with van der Waals surface area (Å²) in [6.07, 6.45) is 0. The third-order valence-corrected chi connectivity index (χ3v) is 4.44. The quantitative estimate of drug-likeness (QED) is 0.554. The monoisotopic (exact) mass is 371 g/mol. The second-order valence-corrected chi connectivity index (χ2v) is 6.31. The zero-order valence-electron chi connectivity index (χ0n) is 10.1. The third kappa shape index (κ3) is 2.85. The van der Waals surface area contributed by atoms with Crippen LogP contribution in [0.1, 0.15) is 5.56 Å². The molecular formula is C14H8BrClFNOS. The Morgan fingerprint density at radius 3 is 3.00 bits per heavy atom. The SMILES string of the molecule is Fc1c(Br)cccc1CSc1nc2cc(Cl)ccc2o1. The zero-order chi connectivity index (χ0) is 14.1. The predicted octanol–water partition coefficient (Wildman–Crippen LogP) is 5.68. The highest BCUT2D eigenvalue weighted by Gasteiger charge is 2.10. The summed E-state index contributed by atoms with van der Waals surface area (Å²) in [5.74, 6) is 0.199. The summed E-state index contributed by atoms with van der Waals surface area (Å²) in [7, 11) is 0. The highest BCUT2D eigenvalue weighted by atomic mass is 79.9. The van der Waals surface area contributed by atoms with Crippen molar-refractivity contribution in [1.29, 1.82) is 0 Å². The van der Waals surface area contributed by atoms with E-state index >= 15 is 0 Å². The lowest BCUT2D eigenvalue weighted by Gasteiger charge is -2.02. The number of oxazole rings is 1. The average molecular weight is 373 g/mol. The fourth-order valence-electron chi connectivity index (χ4n) is 1.74. The number of benzene rings is 2. The van der Waals surface area contributed by atoms with Gasteiger partial charge in [-0.25, -0.2) is 9.37 Å². The number of hydrogen-bond donors (Lipinski definition) is 0. The predicted molar refractivity (Wildman–Crippen MR) is 82.7 cm³/mol. The number of hydrogen-bond acceptors (Lipinski definition) is 3. The molecule has 0 fully saturated rings. The van der Waals surface area contributed by atoms with Gasteiger partial charge in [0.05, 0.1) is 4.47 Å². The number of halogens is 3. The van der Waals surface area contributed by atoms with Crippen LogP contribution in [0.5, 0.6) is 0 Å². The molecule has 0 aliphatic carbocycles. The lowest BCUT2D eigenvalue weighted by Crippen LogP contribution is -1.88. The number of thioether (sulfide) groups is 1. The van der Waals surface area contributed by atoms with Crippen molar-refractivity contribution in [3.05, 3.63) is 57.3 Å². The Kier molecular flexibility index (Phi) is 4.01. The van der Waals surface area contributed by atoms with Crippen molar-refractivity contribution in [3.63, 3.8) is 0 Å². The van der Waals surface area contributed by atoms with Gasteiger partial charge < -0.3 is 4.42 Å². The molecule has 0 aliphatic heterocycles. The van der Waals surface area contributed by atoms with Gasteiger partial charge >= 0.3 is 0 Å². The van der Waals surface area contributed by atoms with Crippen molar-refractivity contribution in [1.82, 2.24) is 4.98 Å². The summed E-state index contributed by atoms with van der Waals surface area (Å²) in [6.45, 7) is 0. The highest BCUT2D eigenvalue weighted by Crippen LogP contribution is 2.29. The molecule has 20 heavy (non-hydrogen) atoms. The van der Waals surface area contributed by atoms with Crippen LogP contribution in [0.4, 0.5) is 4.39 Å². The van der Waals surface area contributed by atoms with Crippen LogP contribution < -0.4 is 0 Å². The smallest absolute Gasteiger partial charge is 0.257 e. The third-order valence-electron chi connectivity index (χ3n) is 2.71. The maximum absolute atomic E-state index is 13.8. The first-order valence-corrected chi connectivity index (χ1v) is 7.91. The van der Waals surface area contributed by atoms with Crippen molar-refractivity contribution < 1.29 is 8.81 Å². The maximum atomic E-state index is 13.8. The minimum Gasteiger partial charge on any atom is -0.431 e. The molecule has 0 N–H and O–H groups in total. The van der Waals surface area contributed by atoms with Gasteiger partial charge in [0.25, 0.3) is 5.22 Å². The van der Waals surface area contributed by atoms with E-state index in [4.69, 9.17) is 16.0 Å². The van der Waals surface area contributed by atoms with Crippen LogP contribution >= 0.6 is 39.3 Å². The lowest BCUT2D eigenvalue weighted by molar-refractivity contribution is 0.489. The van der Waals surface area contributed by atoms with Crippen LogP contribution in [0.15, 0.2) is 50.5 Å². The molecule has 2 aromatic carbocycles. The molecule has 1 aromatic heterocycles. The number of rotatable bonds is 3. The molecule has 6 heteroatoms. The maximum Gasteiger partial charge on any atom is 0.257 e. The van der Waals surface area contributed by atoms with Gasteiger partial charge in [0.1, 0.15) is 11.3 Å². The highest BCUT2D eigenvalue weighted by molar-refractivity contribution is 9.10. The zero-order valence-corrected chi connectivity index (χ0v) is 13.2. The van der Waals surface area contributed by atoms with Gasteiger partial charge in [-0.3, -0.25) is 0 Å². The molecular weight excluding hydrogens is 365 g/mol. The summed E-state index contributed by atoms with van der Waals surface area (Å²) in [4.78, 5) is 4.32. The Balaban J connectivity index is 1.81. The summed E-state index contributed by atoms with van der Waals surface area (Å²) in [5, 5.41) is 1.11. The second-order valence-electron chi connectivity index (χ2n) is 4.09. The van der Waals surface area contributed by atoms with Crippen molar-refractivity contribution in [3.8, 4) is 0 Å². The molecule has 0 atom stereocenters. The minimum atomic E-state index is -0.251. The molecule has 3 rings (SSSR count). The number of nitrogens with zero attached hydrogens (tertiary/aromatic N) is 1. The topological polar surface area (TPSA) is 26.0 Å². The standard InChI is InChI=1S/C14H8BrClFNOS/c15-10-3-1-2-8(13(10)17)7-20-14-18-11-6-9(16)4-5-12(11)19-14/h1-6H,7H2. The van der Waals surface area contributed by atoms with Crippen molar-refractivity contribution in [2.24, 2.45) is 0 Å². The average Bonchev–Trinajstić information content (AvgIpc) is 2.82. The summed E-state index contributed by atoms with van der Waals surface area (Å²) in [5.41, 5.74) is 1.98. The summed E-state index contributed by atoms with van der Waals surface area (Å²) in [6, 6.07) is 10.5. The van der Waals surface area contributed by atoms with Crippen molar-refractivity contribution in [2.45, 2.75) is 11.0 Å². The van der Waals surface area contributed by atoms with Crippen LogP contribution in [0.3, 0.4) is 0 Å². The number of fused-ring (bicyclic) bond motifs is 1. The molecule has 2 nitrogen and oxygen atoms in total. The molecule has 0 saturated heterocycles. The Hall–Kier alpha value is -1.04. The molecule has 1 heterocycles. The van der Waals surface area contributed by atoms with Crippen molar-refractivity contribution >= 4 is 50.4 Å². The van der Waals surface area contributed by atoms with Crippen LogP contribution in [-0.2, 0) is 5.75 Å². The van der Waals surface area contributed by atoms with Gasteiger partial charge in [-0.15, -0.1) is 0 Å². The summed E-state index contributed by atoms with van der Waals surface area (Å²) < 4.78 is 19.9. The molecule has 0 unspecified atom stereocenters. The molecule has 3 aromatic rings. The molecule has 0 bridgehead atoms. The molecule has 0 saturated carbocycles. The summed E-state index contributed by atoms with van der Waals surface area (Å²) >= 11 is 10.4. The Bertz CT molecular complexity index is 777. The molecule has 0 amide bonds. The fourth-order valence-corrected chi connectivity index (χ4v) is 3.13. The van der Waals surface area contributed by atoms with Gasteiger partial charge in [-0.1, -0.05) is 35.5 Å². The lowest BCUT2D eigenvalue weighted by atomic mass is 10.2. The van der Waals surface area contributed by atoms with E-state index in [1.807, 2.05) is 0 Å². The van der Waals surface area contributed by atoms with Gasteiger partial charge in [0.2, 0.25) is 0 Å². The van der Waals surface area contributed by atoms with E-state index in [0.29, 0.717) is 37.1 Å². The van der Waals surface area contributed by atoms with Crippen molar-refractivity contribution in [2.75, 3.05) is 0 Å². The van der Waals surface area contributed by atoms with E-state index in [1.54, 1.807) is 36.4 Å². The first-order chi connectivity index (χ1) is 9.63. The van der Waals surface area contributed by atoms with E-state index in [9.17, 15) is 4.39 Å². The van der Waals surface area contributed by atoms with E-state index in [1.165, 1.54) is 11.8 Å². The first-order valence-electron chi connectivity index (χ1n) is 5.75. The Morgan fingerprint density at radius 2 is 2.15 bits per heavy atom. The molecule has 0 spiro atoms. The van der Waals surface area contributed by atoms with Gasteiger partial charge in [0, 0.05) is 10.8 Å². The van der Waals surface area contributed by atoms with Gasteiger partial charge in [0.15, 0.2) is 5.58 Å². The van der Waals surface area contributed by atoms with E-state index in [0.717, 1.165) is 0 Å². The normalized spacial score (nSPS) is 11.2. The molecule has 0 aliphatic rings. The van der Waals surface area contributed by atoms with Crippen LogP contribution in [0.25, 0.3) is 11.1 Å². The van der Waals surface area contributed by atoms with E-state index in [-0.39, 0.29) is 5.82 Å². The Labute approximate surface area is 132 Å². The van der Waals surface area contributed by atoms with Crippen LogP contribution in [0.2, 0.25) is 5.02 Å². The second kappa shape index (κ2) is 5.76. The number of aromatic nitrogens is 1. The largest absolute Gasteiger partial charge is 0.431 e. The van der Waals surface area contributed by atoms with Gasteiger partial charge in [-0.2, -0.15) is 0 Å². The minimum absolute atomic E-state index is 0.251. The van der Waals surface area contributed by atoms with Crippen LogP contribution in [-0.4, -0.2) is 4.98 Å². The molecule has 102 valence electrons. The molecule has 0 radical (unpaired) electrons.